The highest BCUT2D eigenvalue weighted by Gasteiger charge is 2.14. The van der Waals surface area contributed by atoms with Gasteiger partial charge >= 0.3 is 0 Å². The van der Waals surface area contributed by atoms with E-state index in [1.165, 1.54) is 0 Å². The lowest BCUT2D eigenvalue weighted by Gasteiger charge is -2.10. The van der Waals surface area contributed by atoms with Crippen molar-refractivity contribution in [3.8, 4) is 0 Å². The molecule has 0 bridgehead atoms. The van der Waals surface area contributed by atoms with E-state index < -0.39 is 0 Å². The quantitative estimate of drug-likeness (QED) is 0.586. The molecule has 1 heterocycles. The third-order valence-corrected chi connectivity index (χ3v) is 3.25. The molecule has 1 saturated heterocycles. The Labute approximate surface area is 119 Å². The van der Waals surface area contributed by atoms with Gasteiger partial charge in [0, 0.05) is 31.0 Å². The second kappa shape index (κ2) is 7.87. The molecule has 0 aromatic heterocycles. The molecule has 5 nitrogen and oxygen atoms in total. The zero-order chi connectivity index (χ0) is 14.2. The zero-order valence-electron chi connectivity index (χ0n) is 11.6. The molecule has 0 spiro atoms. The van der Waals surface area contributed by atoms with Crippen LogP contribution >= 0.6 is 0 Å². The van der Waals surface area contributed by atoms with E-state index in [0.29, 0.717) is 31.0 Å². The summed E-state index contributed by atoms with van der Waals surface area (Å²) >= 11 is 0. The number of nitrogens with two attached hydrogens (primary N) is 1. The van der Waals surface area contributed by atoms with Gasteiger partial charge in [0.2, 0.25) is 0 Å². The molecule has 3 N–H and O–H groups in total. The van der Waals surface area contributed by atoms with Crippen LogP contribution in [0.15, 0.2) is 24.3 Å². The molecule has 20 heavy (non-hydrogen) atoms. The molecule has 1 fully saturated rings. The van der Waals surface area contributed by atoms with E-state index in [4.69, 9.17) is 15.2 Å². The van der Waals surface area contributed by atoms with Crippen LogP contribution in [0.4, 0.5) is 5.69 Å². The van der Waals surface area contributed by atoms with E-state index in [-0.39, 0.29) is 12.0 Å². The third kappa shape index (κ3) is 4.83. The number of rotatable bonds is 7. The van der Waals surface area contributed by atoms with Crippen LogP contribution in [0, 0.1) is 0 Å². The number of anilines is 1. The van der Waals surface area contributed by atoms with Crippen molar-refractivity contribution in [2.45, 2.75) is 25.4 Å². The van der Waals surface area contributed by atoms with Gasteiger partial charge in [0.15, 0.2) is 0 Å². The smallest absolute Gasteiger partial charge is 0.251 e. The highest BCUT2D eigenvalue weighted by molar-refractivity contribution is 5.94. The van der Waals surface area contributed by atoms with E-state index in [1.54, 1.807) is 24.3 Å². The normalized spacial score (nSPS) is 18.1. The van der Waals surface area contributed by atoms with Gasteiger partial charge in [-0.25, -0.2) is 0 Å². The van der Waals surface area contributed by atoms with Gasteiger partial charge < -0.3 is 20.5 Å². The fourth-order valence-corrected chi connectivity index (χ4v) is 2.10. The summed E-state index contributed by atoms with van der Waals surface area (Å²) in [5.41, 5.74) is 6.86. The lowest BCUT2D eigenvalue weighted by atomic mass is 10.2. The summed E-state index contributed by atoms with van der Waals surface area (Å²) < 4.78 is 11.0. The molecule has 5 heteroatoms. The largest absolute Gasteiger partial charge is 0.399 e. The van der Waals surface area contributed by atoms with Crippen molar-refractivity contribution in [1.29, 1.82) is 0 Å². The molecule has 1 aromatic rings. The van der Waals surface area contributed by atoms with Gasteiger partial charge in [-0.1, -0.05) is 0 Å². The molecule has 1 aromatic carbocycles. The Morgan fingerprint density at radius 1 is 1.40 bits per heavy atom. The molecular weight excluding hydrogens is 256 g/mol. The fraction of sp³-hybridized carbons (Fsp3) is 0.533. The Morgan fingerprint density at radius 3 is 2.90 bits per heavy atom. The van der Waals surface area contributed by atoms with Crippen LogP contribution in [0.5, 0.6) is 0 Å². The van der Waals surface area contributed by atoms with Crippen LogP contribution in [0.2, 0.25) is 0 Å². The van der Waals surface area contributed by atoms with Crippen molar-refractivity contribution < 1.29 is 14.3 Å². The van der Waals surface area contributed by atoms with E-state index in [0.717, 1.165) is 25.9 Å². The summed E-state index contributed by atoms with van der Waals surface area (Å²) in [5.74, 6) is -0.0795. The van der Waals surface area contributed by atoms with Crippen LogP contribution in [-0.4, -0.2) is 38.4 Å². The first-order valence-electron chi connectivity index (χ1n) is 7.09. The maximum Gasteiger partial charge on any atom is 0.251 e. The molecule has 1 amide bonds. The molecule has 1 aliphatic rings. The predicted molar refractivity (Wildman–Crippen MR) is 77.6 cm³/mol. The summed E-state index contributed by atoms with van der Waals surface area (Å²) in [7, 11) is 0. The van der Waals surface area contributed by atoms with Crippen molar-refractivity contribution >= 4 is 11.6 Å². The number of nitrogens with one attached hydrogen (secondary N) is 1. The first kappa shape index (κ1) is 14.8. The van der Waals surface area contributed by atoms with Gasteiger partial charge in [0.1, 0.15) is 0 Å². The molecule has 110 valence electrons. The first-order chi connectivity index (χ1) is 9.75. The Balaban J connectivity index is 1.54. The number of benzene rings is 1. The molecule has 1 aliphatic heterocycles. The standard InChI is InChI=1S/C15H22N2O3/c16-13-6-4-12(5-7-13)15(18)17-8-2-9-19-11-14-3-1-10-20-14/h4-7,14H,1-3,8-11,16H2,(H,17,18). The maximum atomic E-state index is 11.8. The lowest BCUT2D eigenvalue weighted by Crippen LogP contribution is -2.25. The van der Waals surface area contributed by atoms with Crippen molar-refractivity contribution in [3.05, 3.63) is 29.8 Å². The number of carbonyl (C=O) groups is 1. The van der Waals surface area contributed by atoms with Crippen LogP contribution in [0.1, 0.15) is 29.6 Å². The van der Waals surface area contributed by atoms with Gasteiger partial charge in [-0.2, -0.15) is 0 Å². The molecule has 2 rings (SSSR count). The molecule has 1 atom stereocenters. The third-order valence-electron chi connectivity index (χ3n) is 3.25. The fourth-order valence-electron chi connectivity index (χ4n) is 2.10. The molecular formula is C15H22N2O3. The number of hydrogen-bond acceptors (Lipinski definition) is 4. The average Bonchev–Trinajstić information content (AvgIpc) is 2.96. The van der Waals surface area contributed by atoms with Crippen molar-refractivity contribution in [3.63, 3.8) is 0 Å². The number of nitrogen functional groups attached to an aromatic ring is 1. The van der Waals surface area contributed by atoms with Gasteiger partial charge in [-0.15, -0.1) is 0 Å². The van der Waals surface area contributed by atoms with Crippen molar-refractivity contribution in [2.24, 2.45) is 0 Å². The molecule has 0 aliphatic carbocycles. The van der Waals surface area contributed by atoms with E-state index in [9.17, 15) is 4.79 Å². The number of amides is 1. The zero-order valence-corrected chi connectivity index (χ0v) is 11.6. The minimum Gasteiger partial charge on any atom is -0.399 e. The van der Waals surface area contributed by atoms with Gasteiger partial charge in [0.25, 0.3) is 5.91 Å². The van der Waals surface area contributed by atoms with E-state index in [1.807, 2.05) is 0 Å². The summed E-state index contributed by atoms with van der Waals surface area (Å²) in [5, 5.41) is 2.86. The van der Waals surface area contributed by atoms with Crippen LogP contribution in [0.3, 0.4) is 0 Å². The van der Waals surface area contributed by atoms with Crippen LogP contribution in [-0.2, 0) is 9.47 Å². The average molecular weight is 278 g/mol. The highest BCUT2D eigenvalue weighted by atomic mass is 16.5. The van der Waals surface area contributed by atoms with Crippen molar-refractivity contribution in [2.75, 3.05) is 32.1 Å². The van der Waals surface area contributed by atoms with Crippen LogP contribution < -0.4 is 11.1 Å². The Morgan fingerprint density at radius 2 is 2.20 bits per heavy atom. The molecule has 1 unspecified atom stereocenters. The minimum atomic E-state index is -0.0795. The predicted octanol–water partition coefficient (Wildman–Crippen LogP) is 1.58. The number of ether oxygens (including phenoxy) is 2. The van der Waals surface area contributed by atoms with E-state index in [2.05, 4.69) is 5.32 Å². The van der Waals surface area contributed by atoms with Gasteiger partial charge in [-0.3, -0.25) is 4.79 Å². The number of carbonyl (C=O) groups excluding carboxylic acids is 1. The second-order valence-electron chi connectivity index (χ2n) is 4.94. The Hall–Kier alpha value is -1.59. The van der Waals surface area contributed by atoms with Gasteiger partial charge in [0.05, 0.1) is 12.7 Å². The Kier molecular flexibility index (Phi) is 5.83. The summed E-state index contributed by atoms with van der Waals surface area (Å²) in [6.07, 6.45) is 3.28. The lowest BCUT2D eigenvalue weighted by molar-refractivity contribution is 0.0166. The second-order valence-corrected chi connectivity index (χ2v) is 4.94. The van der Waals surface area contributed by atoms with Crippen LogP contribution in [0.25, 0.3) is 0 Å². The summed E-state index contributed by atoms with van der Waals surface area (Å²) in [6, 6.07) is 6.89. The summed E-state index contributed by atoms with van der Waals surface area (Å²) in [6.45, 7) is 2.76. The highest BCUT2D eigenvalue weighted by Crippen LogP contribution is 2.11. The first-order valence-corrected chi connectivity index (χ1v) is 7.09. The van der Waals surface area contributed by atoms with Crippen molar-refractivity contribution in [1.82, 2.24) is 5.32 Å². The summed E-state index contributed by atoms with van der Waals surface area (Å²) in [4.78, 5) is 11.8. The SMILES string of the molecule is Nc1ccc(C(=O)NCCCOCC2CCCO2)cc1. The Bertz CT molecular complexity index is 414. The topological polar surface area (TPSA) is 73.6 Å². The minimum absolute atomic E-state index is 0.0795. The maximum absolute atomic E-state index is 11.8. The number of hydrogen-bond donors (Lipinski definition) is 2. The molecule has 0 radical (unpaired) electrons. The van der Waals surface area contributed by atoms with E-state index >= 15 is 0 Å². The van der Waals surface area contributed by atoms with Gasteiger partial charge in [-0.05, 0) is 43.5 Å². The molecule has 0 saturated carbocycles. The monoisotopic (exact) mass is 278 g/mol.